The zero-order valence-electron chi connectivity index (χ0n) is 8.77. The van der Waals surface area contributed by atoms with Gasteiger partial charge in [-0.1, -0.05) is 6.07 Å². The Kier molecular flexibility index (Phi) is 2.77. The predicted octanol–water partition coefficient (Wildman–Crippen LogP) is 2.76. The number of hydrogen-bond acceptors (Lipinski definition) is 2. The van der Waals surface area contributed by atoms with Crippen LogP contribution in [0.25, 0.3) is 0 Å². The van der Waals surface area contributed by atoms with Gasteiger partial charge in [-0.2, -0.15) is 0 Å². The molecule has 0 bridgehead atoms. The summed E-state index contributed by atoms with van der Waals surface area (Å²) in [7, 11) is 0. The van der Waals surface area contributed by atoms with Crippen molar-refractivity contribution in [2.75, 3.05) is 0 Å². The fraction of sp³-hybridized carbons (Fsp3) is 0.0769. The number of carbonyl (C=O) groups is 1. The minimum Gasteiger partial charge on any atom is -0.289 e. The van der Waals surface area contributed by atoms with Crippen molar-refractivity contribution in [2.24, 2.45) is 0 Å². The molecule has 0 N–H and O–H groups in total. The molecule has 2 rings (SSSR count). The Morgan fingerprint density at radius 1 is 1.19 bits per heavy atom. The van der Waals surface area contributed by atoms with Gasteiger partial charge in [0.1, 0.15) is 5.82 Å². The van der Waals surface area contributed by atoms with Gasteiger partial charge in [0.05, 0.1) is 0 Å². The van der Waals surface area contributed by atoms with Crippen molar-refractivity contribution in [3.05, 3.63) is 65.2 Å². The standard InChI is InChI=1S/C13H10FNO/c1-9-2-3-11(14)8-12(9)13(16)10-4-6-15-7-5-10/h2-8H,1H3. The van der Waals surface area contributed by atoms with E-state index < -0.39 is 5.82 Å². The highest BCUT2D eigenvalue weighted by Gasteiger charge is 2.11. The molecule has 0 amide bonds. The topological polar surface area (TPSA) is 30.0 Å². The van der Waals surface area contributed by atoms with Crippen LogP contribution in [0.4, 0.5) is 4.39 Å². The molecule has 0 spiro atoms. The van der Waals surface area contributed by atoms with Crippen LogP contribution in [0.15, 0.2) is 42.7 Å². The number of pyridine rings is 1. The lowest BCUT2D eigenvalue weighted by Crippen LogP contribution is -2.04. The first-order chi connectivity index (χ1) is 7.68. The number of benzene rings is 1. The molecule has 2 aromatic rings. The van der Waals surface area contributed by atoms with Gasteiger partial charge in [-0.25, -0.2) is 4.39 Å². The summed E-state index contributed by atoms with van der Waals surface area (Å²) in [5.74, 6) is -0.581. The van der Waals surface area contributed by atoms with Gasteiger partial charge in [0.2, 0.25) is 0 Å². The summed E-state index contributed by atoms with van der Waals surface area (Å²) in [6.45, 7) is 1.79. The minimum atomic E-state index is -0.400. The maximum atomic E-state index is 13.1. The Labute approximate surface area is 92.8 Å². The Hall–Kier alpha value is -2.03. The van der Waals surface area contributed by atoms with Gasteiger partial charge >= 0.3 is 0 Å². The van der Waals surface area contributed by atoms with E-state index in [-0.39, 0.29) is 5.78 Å². The lowest BCUT2D eigenvalue weighted by molar-refractivity contribution is 0.103. The van der Waals surface area contributed by atoms with Crippen molar-refractivity contribution in [3.63, 3.8) is 0 Å². The van der Waals surface area contributed by atoms with E-state index in [1.54, 1.807) is 37.5 Å². The van der Waals surface area contributed by atoms with Gasteiger partial charge in [-0.05, 0) is 36.8 Å². The smallest absolute Gasteiger partial charge is 0.193 e. The largest absolute Gasteiger partial charge is 0.289 e. The second-order valence-corrected chi connectivity index (χ2v) is 3.52. The van der Waals surface area contributed by atoms with E-state index in [4.69, 9.17) is 0 Å². The van der Waals surface area contributed by atoms with Crippen molar-refractivity contribution in [1.82, 2.24) is 4.98 Å². The van der Waals surface area contributed by atoms with Crippen LogP contribution in [-0.4, -0.2) is 10.8 Å². The average molecular weight is 215 g/mol. The molecule has 0 atom stereocenters. The molecule has 1 heterocycles. The van der Waals surface area contributed by atoms with Crippen molar-refractivity contribution >= 4 is 5.78 Å². The third-order valence-electron chi connectivity index (χ3n) is 2.39. The number of ketones is 1. The van der Waals surface area contributed by atoms with Gasteiger partial charge in [0.15, 0.2) is 5.78 Å². The first-order valence-corrected chi connectivity index (χ1v) is 4.89. The van der Waals surface area contributed by atoms with Crippen molar-refractivity contribution in [1.29, 1.82) is 0 Å². The molecule has 0 aliphatic carbocycles. The normalized spacial score (nSPS) is 10.1. The summed E-state index contributed by atoms with van der Waals surface area (Å²) < 4.78 is 13.1. The number of aryl methyl sites for hydroxylation is 1. The summed E-state index contributed by atoms with van der Waals surface area (Å²) in [6.07, 6.45) is 3.09. The summed E-state index contributed by atoms with van der Waals surface area (Å²) >= 11 is 0. The number of nitrogens with zero attached hydrogens (tertiary/aromatic N) is 1. The van der Waals surface area contributed by atoms with Crippen LogP contribution in [0.5, 0.6) is 0 Å². The fourth-order valence-corrected chi connectivity index (χ4v) is 1.50. The first kappa shape index (κ1) is 10.5. The molecule has 0 unspecified atom stereocenters. The number of rotatable bonds is 2. The molecule has 0 fully saturated rings. The van der Waals surface area contributed by atoms with Crippen LogP contribution in [0.1, 0.15) is 21.5 Å². The summed E-state index contributed by atoms with van der Waals surface area (Å²) in [5, 5.41) is 0. The van der Waals surface area contributed by atoms with Crippen LogP contribution in [-0.2, 0) is 0 Å². The lowest BCUT2D eigenvalue weighted by atomic mass is 10.00. The van der Waals surface area contributed by atoms with Crippen molar-refractivity contribution in [2.45, 2.75) is 6.92 Å². The van der Waals surface area contributed by atoms with E-state index in [2.05, 4.69) is 4.98 Å². The second kappa shape index (κ2) is 4.23. The Bertz CT molecular complexity index is 523. The third kappa shape index (κ3) is 1.98. The number of halogens is 1. The highest BCUT2D eigenvalue weighted by Crippen LogP contribution is 2.14. The number of aromatic nitrogens is 1. The third-order valence-corrected chi connectivity index (χ3v) is 2.39. The molecular formula is C13H10FNO. The molecule has 0 radical (unpaired) electrons. The predicted molar refractivity (Wildman–Crippen MR) is 58.8 cm³/mol. The van der Waals surface area contributed by atoms with Crippen molar-refractivity contribution < 1.29 is 9.18 Å². The van der Waals surface area contributed by atoms with Crippen LogP contribution >= 0.6 is 0 Å². The molecule has 16 heavy (non-hydrogen) atoms. The molecule has 0 aliphatic rings. The van der Waals surface area contributed by atoms with E-state index in [0.717, 1.165) is 5.56 Å². The Morgan fingerprint density at radius 2 is 1.88 bits per heavy atom. The molecule has 3 heteroatoms. The highest BCUT2D eigenvalue weighted by molar-refractivity contribution is 6.09. The second-order valence-electron chi connectivity index (χ2n) is 3.52. The maximum Gasteiger partial charge on any atom is 0.193 e. The van der Waals surface area contributed by atoms with Gasteiger partial charge < -0.3 is 0 Å². The summed E-state index contributed by atoms with van der Waals surface area (Å²) in [6, 6.07) is 7.44. The Balaban J connectivity index is 2.46. The van der Waals surface area contributed by atoms with E-state index in [0.29, 0.717) is 11.1 Å². The van der Waals surface area contributed by atoms with Gasteiger partial charge in [0.25, 0.3) is 0 Å². The Morgan fingerprint density at radius 3 is 2.56 bits per heavy atom. The molecular weight excluding hydrogens is 205 g/mol. The van der Waals surface area contributed by atoms with Crippen LogP contribution in [0, 0.1) is 12.7 Å². The molecule has 1 aromatic heterocycles. The average Bonchev–Trinajstić information content (AvgIpc) is 2.32. The van der Waals surface area contributed by atoms with E-state index in [9.17, 15) is 9.18 Å². The number of carbonyl (C=O) groups excluding carboxylic acids is 1. The minimum absolute atomic E-state index is 0.181. The monoisotopic (exact) mass is 215 g/mol. The fourth-order valence-electron chi connectivity index (χ4n) is 1.50. The van der Waals surface area contributed by atoms with Gasteiger partial charge in [0, 0.05) is 23.5 Å². The van der Waals surface area contributed by atoms with Crippen LogP contribution in [0.3, 0.4) is 0 Å². The zero-order chi connectivity index (χ0) is 11.5. The molecule has 0 saturated heterocycles. The summed E-state index contributed by atoms with van der Waals surface area (Å²) in [5.41, 5.74) is 1.68. The summed E-state index contributed by atoms with van der Waals surface area (Å²) in [4.78, 5) is 15.9. The van der Waals surface area contributed by atoms with E-state index in [1.165, 1.54) is 12.1 Å². The maximum absolute atomic E-state index is 13.1. The first-order valence-electron chi connectivity index (χ1n) is 4.89. The molecule has 1 aromatic carbocycles. The quantitative estimate of drug-likeness (QED) is 0.721. The highest BCUT2D eigenvalue weighted by atomic mass is 19.1. The van der Waals surface area contributed by atoms with Gasteiger partial charge in [-0.3, -0.25) is 9.78 Å². The molecule has 0 aliphatic heterocycles. The molecule has 0 saturated carbocycles. The van der Waals surface area contributed by atoms with E-state index >= 15 is 0 Å². The number of hydrogen-bond donors (Lipinski definition) is 0. The van der Waals surface area contributed by atoms with Gasteiger partial charge in [-0.15, -0.1) is 0 Å². The molecule has 2 nitrogen and oxygen atoms in total. The SMILES string of the molecule is Cc1ccc(F)cc1C(=O)c1ccncc1. The van der Waals surface area contributed by atoms with Crippen LogP contribution in [0.2, 0.25) is 0 Å². The lowest BCUT2D eigenvalue weighted by Gasteiger charge is -2.04. The zero-order valence-corrected chi connectivity index (χ0v) is 8.77. The van der Waals surface area contributed by atoms with Crippen molar-refractivity contribution in [3.8, 4) is 0 Å². The van der Waals surface area contributed by atoms with Crippen LogP contribution < -0.4 is 0 Å². The van der Waals surface area contributed by atoms with E-state index in [1.807, 2.05) is 0 Å². The molecule has 80 valence electrons.